The van der Waals surface area contributed by atoms with E-state index in [0.29, 0.717) is 13.2 Å². The molecule has 0 unspecified atom stereocenters. The fourth-order valence-electron chi connectivity index (χ4n) is 2.48. The van der Waals surface area contributed by atoms with Crippen LogP contribution in [0.2, 0.25) is 0 Å². The summed E-state index contributed by atoms with van der Waals surface area (Å²) in [5.74, 6) is 1.20. The standard InChI is InChI=1S/C15H15NO/c16-9-14-12-6-2-1-5-11(12)10-17-15-8-4-3-7-13(14)15/h1-8,14H,9-10,16H2/t14-/m1/s1. The van der Waals surface area contributed by atoms with Crippen molar-refractivity contribution in [2.45, 2.75) is 12.5 Å². The molecule has 0 bridgehead atoms. The van der Waals surface area contributed by atoms with Crippen molar-refractivity contribution in [1.29, 1.82) is 0 Å². The maximum Gasteiger partial charge on any atom is 0.123 e. The molecule has 0 aromatic heterocycles. The van der Waals surface area contributed by atoms with Crippen molar-refractivity contribution in [3.05, 3.63) is 65.2 Å². The monoisotopic (exact) mass is 225 g/mol. The molecule has 0 spiro atoms. The fraction of sp³-hybridized carbons (Fsp3) is 0.200. The van der Waals surface area contributed by atoms with E-state index in [1.54, 1.807) is 0 Å². The van der Waals surface area contributed by atoms with Gasteiger partial charge in [-0.05, 0) is 17.2 Å². The second-order valence-electron chi connectivity index (χ2n) is 4.31. The van der Waals surface area contributed by atoms with Crippen LogP contribution in [0.5, 0.6) is 5.75 Å². The van der Waals surface area contributed by atoms with Gasteiger partial charge in [-0.3, -0.25) is 0 Å². The largest absolute Gasteiger partial charge is 0.489 e. The highest BCUT2D eigenvalue weighted by Gasteiger charge is 2.22. The summed E-state index contributed by atoms with van der Waals surface area (Å²) in [4.78, 5) is 0. The van der Waals surface area contributed by atoms with E-state index in [0.717, 1.165) is 5.75 Å². The van der Waals surface area contributed by atoms with Crippen LogP contribution in [-0.4, -0.2) is 6.54 Å². The first-order valence-electron chi connectivity index (χ1n) is 5.89. The molecule has 1 aliphatic heterocycles. The lowest BCUT2D eigenvalue weighted by Gasteiger charge is -2.16. The smallest absolute Gasteiger partial charge is 0.123 e. The second kappa shape index (κ2) is 4.22. The zero-order valence-electron chi connectivity index (χ0n) is 9.60. The third-order valence-corrected chi connectivity index (χ3v) is 3.34. The molecule has 1 aliphatic rings. The molecule has 0 aliphatic carbocycles. The molecule has 17 heavy (non-hydrogen) atoms. The van der Waals surface area contributed by atoms with Gasteiger partial charge in [0.25, 0.3) is 0 Å². The number of nitrogens with two attached hydrogens (primary N) is 1. The average Bonchev–Trinajstić information content (AvgIpc) is 2.55. The molecule has 2 N–H and O–H groups in total. The van der Waals surface area contributed by atoms with Crippen LogP contribution >= 0.6 is 0 Å². The van der Waals surface area contributed by atoms with Crippen molar-refractivity contribution in [1.82, 2.24) is 0 Å². The van der Waals surface area contributed by atoms with Crippen LogP contribution in [0.3, 0.4) is 0 Å². The fourth-order valence-corrected chi connectivity index (χ4v) is 2.48. The number of rotatable bonds is 1. The van der Waals surface area contributed by atoms with Gasteiger partial charge in [0, 0.05) is 18.0 Å². The summed E-state index contributed by atoms with van der Waals surface area (Å²) in [5, 5.41) is 0. The van der Waals surface area contributed by atoms with Crippen LogP contribution < -0.4 is 10.5 Å². The maximum absolute atomic E-state index is 5.95. The Kier molecular flexibility index (Phi) is 2.57. The molecule has 2 aromatic carbocycles. The summed E-state index contributed by atoms with van der Waals surface area (Å²) in [7, 11) is 0. The van der Waals surface area contributed by atoms with Crippen LogP contribution in [0, 0.1) is 0 Å². The molecule has 2 heteroatoms. The molecule has 0 amide bonds. The number of hydrogen-bond acceptors (Lipinski definition) is 2. The summed E-state index contributed by atoms with van der Waals surface area (Å²) in [6.07, 6.45) is 0. The minimum atomic E-state index is 0.241. The molecule has 0 saturated carbocycles. The van der Waals surface area contributed by atoms with Crippen LogP contribution in [0.4, 0.5) is 0 Å². The molecule has 1 heterocycles. The average molecular weight is 225 g/mol. The number of ether oxygens (including phenoxy) is 1. The highest BCUT2D eigenvalue weighted by Crippen LogP contribution is 2.36. The lowest BCUT2D eigenvalue weighted by atomic mass is 9.89. The van der Waals surface area contributed by atoms with Crippen molar-refractivity contribution in [2.75, 3.05) is 6.54 Å². The normalized spacial score (nSPS) is 17.6. The maximum atomic E-state index is 5.95. The summed E-state index contributed by atoms with van der Waals surface area (Å²) < 4.78 is 5.85. The van der Waals surface area contributed by atoms with Gasteiger partial charge in [0.2, 0.25) is 0 Å². The van der Waals surface area contributed by atoms with E-state index in [2.05, 4.69) is 24.3 Å². The summed E-state index contributed by atoms with van der Waals surface area (Å²) in [6.45, 7) is 1.24. The first kappa shape index (κ1) is 10.4. The summed E-state index contributed by atoms with van der Waals surface area (Å²) in [5.41, 5.74) is 9.67. The number of hydrogen-bond donors (Lipinski definition) is 1. The molecular formula is C15H15NO. The zero-order chi connectivity index (χ0) is 11.7. The topological polar surface area (TPSA) is 35.2 Å². The highest BCUT2D eigenvalue weighted by atomic mass is 16.5. The van der Waals surface area contributed by atoms with Gasteiger partial charge >= 0.3 is 0 Å². The minimum absolute atomic E-state index is 0.241. The van der Waals surface area contributed by atoms with E-state index < -0.39 is 0 Å². The van der Waals surface area contributed by atoms with Gasteiger partial charge in [-0.25, -0.2) is 0 Å². The predicted octanol–water partition coefficient (Wildman–Crippen LogP) is 2.67. The molecular weight excluding hydrogens is 210 g/mol. The molecule has 0 fully saturated rings. The van der Waals surface area contributed by atoms with E-state index >= 15 is 0 Å². The van der Waals surface area contributed by atoms with Gasteiger partial charge in [0.05, 0.1) is 0 Å². The number of benzene rings is 2. The summed E-state index contributed by atoms with van der Waals surface area (Å²) in [6, 6.07) is 16.5. The Morgan fingerprint density at radius 2 is 1.71 bits per heavy atom. The molecule has 86 valence electrons. The molecule has 2 aromatic rings. The van der Waals surface area contributed by atoms with E-state index in [1.165, 1.54) is 16.7 Å². The van der Waals surface area contributed by atoms with Crippen LogP contribution in [0.1, 0.15) is 22.6 Å². The van der Waals surface area contributed by atoms with E-state index in [4.69, 9.17) is 10.5 Å². The third-order valence-electron chi connectivity index (χ3n) is 3.34. The van der Waals surface area contributed by atoms with Gasteiger partial charge < -0.3 is 10.5 Å². The minimum Gasteiger partial charge on any atom is -0.489 e. The summed E-state index contributed by atoms with van der Waals surface area (Å²) >= 11 is 0. The second-order valence-corrected chi connectivity index (χ2v) is 4.31. The van der Waals surface area contributed by atoms with E-state index in [9.17, 15) is 0 Å². The van der Waals surface area contributed by atoms with Crippen molar-refractivity contribution >= 4 is 0 Å². The van der Waals surface area contributed by atoms with Crippen molar-refractivity contribution in [2.24, 2.45) is 5.73 Å². The predicted molar refractivity (Wildman–Crippen MR) is 68.1 cm³/mol. The third kappa shape index (κ3) is 1.71. The van der Waals surface area contributed by atoms with Crippen LogP contribution in [-0.2, 0) is 6.61 Å². The Morgan fingerprint density at radius 3 is 2.53 bits per heavy atom. The Labute approximate surface area is 101 Å². The Hall–Kier alpha value is -1.80. The first-order chi connectivity index (χ1) is 8.40. The van der Waals surface area contributed by atoms with Gasteiger partial charge in [-0.15, -0.1) is 0 Å². The van der Waals surface area contributed by atoms with Crippen molar-refractivity contribution in [3.8, 4) is 5.75 Å². The Morgan fingerprint density at radius 1 is 1.00 bits per heavy atom. The van der Waals surface area contributed by atoms with Gasteiger partial charge in [0.15, 0.2) is 0 Å². The molecule has 1 atom stereocenters. The van der Waals surface area contributed by atoms with Gasteiger partial charge in [-0.2, -0.15) is 0 Å². The van der Waals surface area contributed by atoms with Crippen LogP contribution in [0.25, 0.3) is 0 Å². The van der Waals surface area contributed by atoms with Gasteiger partial charge in [-0.1, -0.05) is 42.5 Å². The number of para-hydroxylation sites is 1. The molecule has 2 nitrogen and oxygen atoms in total. The zero-order valence-corrected chi connectivity index (χ0v) is 9.60. The highest BCUT2D eigenvalue weighted by molar-refractivity contribution is 5.46. The SMILES string of the molecule is NC[C@@H]1c2ccccc2COc2ccccc21. The van der Waals surface area contributed by atoms with Crippen molar-refractivity contribution < 1.29 is 4.74 Å². The number of fused-ring (bicyclic) bond motifs is 2. The molecule has 0 radical (unpaired) electrons. The lowest BCUT2D eigenvalue weighted by molar-refractivity contribution is 0.307. The van der Waals surface area contributed by atoms with E-state index in [-0.39, 0.29) is 5.92 Å². The molecule has 3 rings (SSSR count). The first-order valence-corrected chi connectivity index (χ1v) is 5.89. The lowest BCUT2D eigenvalue weighted by Crippen LogP contribution is -2.14. The Bertz CT molecular complexity index is 488. The Balaban J connectivity index is 2.19. The quantitative estimate of drug-likeness (QED) is 0.809. The van der Waals surface area contributed by atoms with Crippen LogP contribution in [0.15, 0.2) is 48.5 Å². The molecule has 0 saturated heterocycles. The van der Waals surface area contributed by atoms with E-state index in [1.807, 2.05) is 24.3 Å². The van der Waals surface area contributed by atoms with Crippen molar-refractivity contribution in [3.63, 3.8) is 0 Å². The van der Waals surface area contributed by atoms with Gasteiger partial charge in [0.1, 0.15) is 12.4 Å².